The summed E-state index contributed by atoms with van der Waals surface area (Å²) in [6, 6.07) is 4.99. The van der Waals surface area contributed by atoms with Gasteiger partial charge in [-0.2, -0.15) is 5.26 Å². The minimum Gasteiger partial charge on any atom is -0.244 e. The Labute approximate surface area is 97.0 Å². The highest BCUT2D eigenvalue weighted by Crippen LogP contribution is 2.13. The third kappa shape index (κ3) is 3.61. The third-order valence-electron chi connectivity index (χ3n) is 1.72. The second kappa shape index (κ2) is 5.24. The lowest BCUT2D eigenvalue weighted by atomic mass is 10.4. The van der Waals surface area contributed by atoms with Gasteiger partial charge in [0.05, 0.1) is 11.8 Å². The van der Waals surface area contributed by atoms with Crippen LogP contribution in [0.1, 0.15) is 12.8 Å². The average Bonchev–Trinajstić information content (AvgIpc) is 2.18. The molecular formula is C9H9BrN2O2S. The molecule has 0 saturated carbocycles. The molecule has 1 rings (SSSR count). The summed E-state index contributed by atoms with van der Waals surface area (Å²) in [7, 11) is -3.33. The summed E-state index contributed by atoms with van der Waals surface area (Å²) in [5.41, 5.74) is 0. The van der Waals surface area contributed by atoms with E-state index in [0.717, 1.165) is 4.47 Å². The maximum Gasteiger partial charge on any atom is 0.195 e. The molecule has 1 aromatic heterocycles. The lowest BCUT2D eigenvalue weighted by molar-refractivity contribution is 0.590. The van der Waals surface area contributed by atoms with Gasteiger partial charge in [0.25, 0.3) is 0 Å². The third-order valence-corrected chi connectivity index (χ3v) is 3.89. The van der Waals surface area contributed by atoms with E-state index in [-0.39, 0.29) is 17.2 Å². The SMILES string of the molecule is N#CCCCS(=O)(=O)c1ccc(Br)cn1. The van der Waals surface area contributed by atoms with Crippen molar-refractivity contribution in [3.8, 4) is 6.07 Å². The van der Waals surface area contributed by atoms with Crippen molar-refractivity contribution in [2.75, 3.05) is 5.75 Å². The standard InChI is InChI=1S/C9H9BrN2O2S/c10-8-3-4-9(12-7-8)15(13,14)6-2-1-5-11/h3-4,7H,1-2,6H2. The van der Waals surface area contributed by atoms with Gasteiger partial charge in [0.15, 0.2) is 14.9 Å². The topological polar surface area (TPSA) is 70.8 Å². The van der Waals surface area contributed by atoms with Crippen LogP contribution in [-0.2, 0) is 9.84 Å². The van der Waals surface area contributed by atoms with Crippen molar-refractivity contribution < 1.29 is 8.42 Å². The van der Waals surface area contributed by atoms with E-state index in [1.165, 1.54) is 12.3 Å². The molecule has 0 fully saturated rings. The van der Waals surface area contributed by atoms with Gasteiger partial charge in [-0.3, -0.25) is 0 Å². The number of unbranched alkanes of at least 4 members (excludes halogenated alkanes) is 1. The van der Waals surface area contributed by atoms with Gasteiger partial charge in [-0.1, -0.05) is 0 Å². The summed E-state index contributed by atoms with van der Waals surface area (Å²) in [5.74, 6) is -0.0325. The number of rotatable bonds is 4. The zero-order valence-electron chi connectivity index (χ0n) is 7.85. The van der Waals surface area contributed by atoms with E-state index in [4.69, 9.17) is 5.26 Å². The molecular weight excluding hydrogens is 280 g/mol. The van der Waals surface area contributed by atoms with E-state index < -0.39 is 9.84 Å². The average molecular weight is 289 g/mol. The van der Waals surface area contributed by atoms with Crippen molar-refractivity contribution in [3.05, 3.63) is 22.8 Å². The monoisotopic (exact) mass is 288 g/mol. The smallest absolute Gasteiger partial charge is 0.195 e. The molecule has 0 unspecified atom stereocenters. The van der Waals surface area contributed by atoms with Crippen LogP contribution < -0.4 is 0 Å². The Morgan fingerprint density at radius 1 is 1.47 bits per heavy atom. The molecule has 0 aliphatic carbocycles. The van der Waals surface area contributed by atoms with Gasteiger partial charge in [0, 0.05) is 17.1 Å². The van der Waals surface area contributed by atoms with Gasteiger partial charge in [0.2, 0.25) is 0 Å². The minimum absolute atomic E-state index is 0.0325. The van der Waals surface area contributed by atoms with Crippen molar-refractivity contribution in [2.24, 2.45) is 0 Å². The molecule has 80 valence electrons. The molecule has 0 atom stereocenters. The summed E-state index contributed by atoms with van der Waals surface area (Å²) < 4.78 is 24.0. The first kappa shape index (κ1) is 12.1. The van der Waals surface area contributed by atoms with Crippen molar-refractivity contribution >= 4 is 25.8 Å². The van der Waals surface area contributed by atoms with Crippen molar-refractivity contribution in [3.63, 3.8) is 0 Å². The Bertz CT molecular complexity index is 462. The maximum atomic E-state index is 11.6. The quantitative estimate of drug-likeness (QED) is 0.794. The van der Waals surface area contributed by atoms with Crippen LogP contribution in [0.4, 0.5) is 0 Å². The Morgan fingerprint density at radius 3 is 2.73 bits per heavy atom. The Hall–Kier alpha value is -0.930. The molecule has 1 heterocycles. The lowest BCUT2D eigenvalue weighted by Crippen LogP contribution is -2.08. The molecule has 0 aliphatic rings. The molecule has 15 heavy (non-hydrogen) atoms. The van der Waals surface area contributed by atoms with Gasteiger partial charge in [-0.25, -0.2) is 13.4 Å². The molecule has 0 aliphatic heterocycles. The zero-order chi connectivity index (χ0) is 11.3. The van der Waals surface area contributed by atoms with Gasteiger partial charge >= 0.3 is 0 Å². The van der Waals surface area contributed by atoms with Crippen LogP contribution in [-0.4, -0.2) is 19.2 Å². The van der Waals surface area contributed by atoms with E-state index in [1.807, 2.05) is 6.07 Å². The highest BCUT2D eigenvalue weighted by atomic mass is 79.9. The Balaban J connectivity index is 2.79. The van der Waals surface area contributed by atoms with Crippen LogP contribution in [0.5, 0.6) is 0 Å². The van der Waals surface area contributed by atoms with Gasteiger partial charge in [0.1, 0.15) is 0 Å². The molecule has 4 nitrogen and oxygen atoms in total. The van der Waals surface area contributed by atoms with E-state index >= 15 is 0 Å². The minimum atomic E-state index is -3.33. The zero-order valence-corrected chi connectivity index (χ0v) is 10.3. The van der Waals surface area contributed by atoms with Crippen molar-refractivity contribution in [1.82, 2.24) is 4.98 Å². The van der Waals surface area contributed by atoms with Gasteiger partial charge in [-0.15, -0.1) is 0 Å². The van der Waals surface area contributed by atoms with Gasteiger partial charge in [-0.05, 0) is 34.5 Å². The number of nitriles is 1. The number of aromatic nitrogens is 1. The predicted molar refractivity (Wildman–Crippen MR) is 58.8 cm³/mol. The first-order chi connectivity index (χ1) is 7.06. The van der Waals surface area contributed by atoms with Crippen LogP contribution in [0.25, 0.3) is 0 Å². The lowest BCUT2D eigenvalue weighted by Gasteiger charge is -2.01. The van der Waals surface area contributed by atoms with Crippen LogP contribution in [0.2, 0.25) is 0 Å². The molecule has 0 radical (unpaired) electrons. The van der Waals surface area contributed by atoms with Crippen LogP contribution in [0, 0.1) is 11.3 Å². The first-order valence-electron chi connectivity index (χ1n) is 4.27. The fraction of sp³-hybridized carbons (Fsp3) is 0.333. The normalized spacial score (nSPS) is 10.9. The number of hydrogen-bond acceptors (Lipinski definition) is 4. The number of nitrogens with zero attached hydrogens (tertiary/aromatic N) is 2. The predicted octanol–water partition coefficient (Wildman–Crippen LogP) is 1.92. The molecule has 0 N–H and O–H groups in total. The fourth-order valence-corrected chi connectivity index (χ4v) is 2.45. The van der Waals surface area contributed by atoms with E-state index in [9.17, 15) is 8.42 Å². The molecule has 0 amide bonds. The van der Waals surface area contributed by atoms with E-state index in [2.05, 4.69) is 20.9 Å². The van der Waals surface area contributed by atoms with Crippen LogP contribution >= 0.6 is 15.9 Å². The number of halogens is 1. The van der Waals surface area contributed by atoms with Crippen molar-refractivity contribution in [2.45, 2.75) is 17.9 Å². The van der Waals surface area contributed by atoms with Crippen molar-refractivity contribution in [1.29, 1.82) is 5.26 Å². The summed E-state index contributed by atoms with van der Waals surface area (Å²) in [6.45, 7) is 0. The fourth-order valence-electron chi connectivity index (χ4n) is 0.992. The Kier molecular flexibility index (Phi) is 4.24. The highest BCUT2D eigenvalue weighted by Gasteiger charge is 2.14. The highest BCUT2D eigenvalue weighted by molar-refractivity contribution is 9.10. The first-order valence-corrected chi connectivity index (χ1v) is 6.72. The second-order valence-corrected chi connectivity index (χ2v) is 5.87. The Morgan fingerprint density at radius 2 is 2.20 bits per heavy atom. The molecule has 0 saturated heterocycles. The van der Waals surface area contributed by atoms with Crippen LogP contribution in [0.3, 0.4) is 0 Å². The molecule has 6 heteroatoms. The van der Waals surface area contributed by atoms with Gasteiger partial charge < -0.3 is 0 Å². The van der Waals surface area contributed by atoms with E-state index in [0.29, 0.717) is 6.42 Å². The van der Waals surface area contributed by atoms with Crippen LogP contribution in [0.15, 0.2) is 27.8 Å². The maximum absolute atomic E-state index is 11.6. The molecule has 1 aromatic rings. The molecule has 0 aromatic carbocycles. The summed E-state index contributed by atoms with van der Waals surface area (Å²) in [6.07, 6.45) is 2.03. The summed E-state index contributed by atoms with van der Waals surface area (Å²) in [4.78, 5) is 3.81. The van der Waals surface area contributed by atoms with E-state index in [1.54, 1.807) is 6.07 Å². The number of sulfone groups is 1. The largest absolute Gasteiger partial charge is 0.244 e. The molecule has 0 bridgehead atoms. The number of pyridine rings is 1. The summed E-state index contributed by atoms with van der Waals surface area (Å²) >= 11 is 3.18. The molecule has 0 spiro atoms. The number of hydrogen-bond donors (Lipinski definition) is 0. The summed E-state index contributed by atoms with van der Waals surface area (Å²) in [5, 5.41) is 8.36. The second-order valence-electron chi connectivity index (χ2n) is 2.90.